The minimum absolute atomic E-state index is 0.0970. The predicted molar refractivity (Wildman–Crippen MR) is 73.3 cm³/mol. The van der Waals surface area contributed by atoms with Gasteiger partial charge in [0.25, 0.3) is 0 Å². The summed E-state index contributed by atoms with van der Waals surface area (Å²) in [5, 5.41) is 9.30. The number of rotatable bonds is 4. The van der Waals surface area contributed by atoms with Crippen molar-refractivity contribution in [3.8, 4) is 0 Å². The Bertz CT molecular complexity index is 273. The molecule has 0 atom stereocenters. The highest BCUT2D eigenvalue weighted by molar-refractivity contribution is 4.84. The summed E-state index contributed by atoms with van der Waals surface area (Å²) in [7, 11) is 0. The largest absolute Gasteiger partial charge is 0.395 e. The van der Waals surface area contributed by atoms with E-state index in [1.54, 1.807) is 0 Å². The standard InChI is InChI=1S/C14H27NO5/c1-13(2)17-7-11(8-18-13)15(5-6-16)12-9-19-14(3,4)20-10-12/h11-12,16H,5-10H2,1-4H3. The van der Waals surface area contributed by atoms with E-state index in [4.69, 9.17) is 18.9 Å². The molecule has 118 valence electrons. The van der Waals surface area contributed by atoms with Gasteiger partial charge in [0.05, 0.1) is 45.1 Å². The van der Waals surface area contributed by atoms with Gasteiger partial charge in [-0.3, -0.25) is 4.90 Å². The van der Waals surface area contributed by atoms with Crippen molar-refractivity contribution in [1.29, 1.82) is 0 Å². The fourth-order valence-corrected chi connectivity index (χ4v) is 2.53. The molecule has 6 nitrogen and oxygen atoms in total. The van der Waals surface area contributed by atoms with Crippen molar-refractivity contribution < 1.29 is 24.1 Å². The second-order valence-electron chi connectivity index (χ2n) is 6.31. The third kappa shape index (κ3) is 4.13. The molecule has 0 saturated carbocycles. The van der Waals surface area contributed by atoms with Crippen LogP contribution in [0.5, 0.6) is 0 Å². The van der Waals surface area contributed by atoms with Crippen LogP contribution in [-0.2, 0) is 18.9 Å². The SMILES string of the molecule is CC1(C)OCC(N(CCO)C2COC(C)(C)OC2)CO1. The van der Waals surface area contributed by atoms with Crippen molar-refractivity contribution in [2.45, 2.75) is 51.4 Å². The summed E-state index contributed by atoms with van der Waals surface area (Å²) in [4.78, 5) is 2.17. The molecule has 0 aromatic heterocycles. The molecule has 0 radical (unpaired) electrons. The number of aliphatic hydroxyl groups is 1. The van der Waals surface area contributed by atoms with E-state index in [1.165, 1.54) is 0 Å². The highest BCUT2D eigenvalue weighted by Gasteiger charge is 2.37. The van der Waals surface area contributed by atoms with Gasteiger partial charge in [0.15, 0.2) is 11.6 Å². The maximum absolute atomic E-state index is 9.30. The molecule has 2 fully saturated rings. The molecule has 0 aromatic rings. The maximum Gasteiger partial charge on any atom is 0.162 e. The van der Waals surface area contributed by atoms with Crippen LogP contribution >= 0.6 is 0 Å². The van der Waals surface area contributed by atoms with Crippen LogP contribution in [-0.4, -0.2) is 73.2 Å². The van der Waals surface area contributed by atoms with Gasteiger partial charge in [0, 0.05) is 6.54 Å². The maximum atomic E-state index is 9.30. The number of hydrogen-bond donors (Lipinski definition) is 1. The molecule has 0 aliphatic carbocycles. The lowest BCUT2D eigenvalue weighted by molar-refractivity contribution is -0.288. The molecule has 2 aliphatic rings. The zero-order chi connectivity index (χ0) is 14.8. The monoisotopic (exact) mass is 289 g/mol. The Labute approximate surface area is 120 Å². The van der Waals surface area contributed by atoms with E-state index >= 15 is 0 Å². The Hall–Kier alpha value is -0.240. The topological polar surface area (TPSA) is 60.4 Å². The van der Waals surface area contributed by atoms with E-state index in [0.29, 0.717) is 33.0 Å². The minimum Gasteiger partial charge on any atom is -0.395 e. The molecule has 1 N–H and O–H groups in total. The van der Waals surface area contributed by atoms with E-state index in [-0.39, 0.29) is 18.7 Å². The van der Waals surface area contributed by atoms with Crippen molar-refractivity contribution in [3.63, 3.8) is 0 Å². The van der Waals surface area contributed by atoms with Gasteiger partial charge in [0.2, 0.25) is 0 Å². The summed E-state index contributed by atoms with van der Waals surface area (Å²) in [6, 6.07) is 0.238. The fourth-order valence-electron chi connectivity index (χ4n) is 2.53. The summed E-state index contributed by atoms with van der Waals surface area (Å²) in [5.74, 6) is -1.05. The first-order valence-corrected chi connectivity index (χ1v) is 7.25. The van der Waals surface area contributed by atoms with Crippen LogP contribution in [0.2, 0.25) is 0 Å². The van der Waals surface area contributed by atoms with Crippen LogP contribution < -0.4 is 0 Å². The average Bonchev–Trinajstić information content (AvgIpc) is 2.37. The first kappa shape index (κ1) is 16.1. The molecule has 2 heterocycles. The van der Waals surface area contributed by atoms with Gasteiger partial charge in [-0.25, -0.2) is 0 Å². The van der Waals surface area contributed by atoms with E-state index in [9.17, 15) is 5.11 Å². The Morgan fingerprint density at radius 2 is 1.20 bits per heavy atom. The van der Waals surface area contributed by atoms with Gasteiger partial charge in [-0.05, 0) is 27.7 Å². The number of hydrogen-bond acceptors (Lipinski definition) is 6. The van der Waals surface area contributed by atoms with Crippen LogP contribution in [0.15, 0.2) is 0 Å². The zero-order valence-electron chi connectivity index (χ0n) is 12.9. The lowest BCUT2D eigenvalue weighted by atomic mass is 10.1. The first-order valence-electron chi connectivity index (χ1n) is 7.25. The molecule has 2 aliphatic heterocycles. The highest BCUT2D eigenvalue weighted by Crippen LogP contribution is 2.25. The minimum atomic E-state index is -0.525. The number of aliphatic hydroxyl groups excluding tert-OH is 1. The molecule has 0 aromatic carbocycles. The molecule has 20 heavy (non-hydrogen) atoms. The first-order chi connectivity index (χ1) is 9.33. The number of ether oxygens (including phenoxy) is 4. The van der Waals surface area contributed by atoms with Gasteiger partial charge < -0.3 is 24.1 Å². The van der Waals surface area contributed by atoms with Crippen LogP contribution in [0.25, 0.3) is 0 Å². The summed E-state index contributed by atoms with van der Waals surface area (Å²) < 4.78 is 22.8. The van der Waals surface area contributed by atoms with Crippen LogP contribution in [0.1, 0.15) is 27.7 Å². The smallest absolute Gasteiger partial charge is 0.162 e. The Balaban J connectivity index is 1.94. The predicted octanol–water partition coefficient (Wildman–Crippen LogP) is 0.584. The third-order valence-corrected chi connectivity index (χ3v) is 3.79. The molecular formula is C14H27NO5. The van der Waals surface area contributed by atoms with Gasteiger partial charge in [-0.2, -0.15) is 0 Å². The second kappa shape index (κ2) is 6.25. The molecule has 0 unspecified atom stereocenters. The van der Waals surface area contributed by atoms with Crippen molar-refractivity contribution in [2.24, 2.45) is 0 Å². The van der Waals surface area contributed by atoms with Gasteiger partial charge in [0.1, 0.15) is 0 Å². The normalized spacial score (nSPS) is 27.9. The summed E-state index contributed by atoms with van der Waals surface area (Å²) >= 11 is 0. The highest BCUT2D eigenvalue weighted by atomic mass is 16.7. The summed E-state index contributed by atoms with van der Waals surface area (Å²) in [5.41, 5.74) is 0. The third-order valence-electron chi connectivity index (χ3n) is 3.79. The second-order valence-corrected chi connectivity index (χ2v) is 6.31. The molecular weight excluding hydrogens is 262 g/mol. The van der Waals surface area contributed by atoms with Crippen LogP contribution in [0.3, 0.4) is 0 Å². The van der Waals surface area contributed by atoms with E-state index in [2.05, 4.69) is 4.90 Å². The molecule has 2 saturated heterocycles. The van der Waals surface area contributed by atoms with E-state index < -0.39 is 11.6 Å². The Morgan fingerprint density at radius 1 is 0.850 bits per heavy atom. The lowest BCUT2D eigenvalue weighted by Gasteiger charge is -2.46. The van der Waals surface area contributed by atoms with Crippen molar-refractivity contribution in [3.05, 3.63) is 0 Å². The van der Waals surface area contributed by atoms with Crippen molar-refractivity contribution in [1.82, 2.24) is 4.90 Å². The molecule has 6 heteroatoms. The van der Waals surface area contributed by atoms with E-state index in [0.717, 1.165) is 0 Å². The molecule has 0 amide bonds. The molecule has 0 spiro atoms. The van der Waals surface area contributed by atoms with Crippen LogP contribution in [0, 0.1) is 0 Å². The number of nitrogens with zero attached hydrogens (tertiary/aromatic N) is 1. The Kier molecular flexibility index (Phi) is 5.05. The zero-order valence-corrected chi connectivity index (χ0v) is 12.9. The van der Waals surface area contributed by atoms with Crippen molar-refractivity contribution >= 4 is 0 Å². The molecule has 2 rings (SSSR count). The van der Waals surface area contributed by atoms with E-state index in [1.807, 2.05) is 27.7 Å². The van der Waals surface area contributed by atoms with Gasteiger partial charge >= 0.3 is 0 Å². The fraction of sp³-hybridized carbons (Fsp3) is 1.00. The van der Waals surface area contributed by atoms with Crippen molar-refractivity contribution in [2.75, 3.05) is 39.6 Å². The Morgan fingerprint density at radius 3 is 1.50 bits per heavy atom. The summed E-state index contributed by atoms with van der Waals surface area (Å²) in [6.45, 7) is 10.7. The summed E-state index contributed by atoms with van der Waals surface area (Å²) in [6.07, 6.45) is 0. The van der Waals surface area contributed by atoms with Gasteiger partial charge in [-0.1, -0.05) is 0 Å². The van der Waals surface area contributed by atoms with Crippen LogP contribution in [0.4, 0.5) is 0 Å². The average molecular weight is 289 g/mol. The van der Waals surface area contributed by atoms with Gasteiger partial charge in [-0.15, -0.1) is 0 Å². The quantitative estimate of drug-likeness (QED) is 0.817. The molecule has 0 bridgehead atoms. The lowest BCUT2D eigenvalue weighted by Crippen LogP contribution is -2.59.